The van der Waals surface area contributed by atoms with Gasteiger partial charge in [-0.25, -0.2) is 9.78 Å². The van der Waals surface area contributed by atoms with Crippen LogP contribution in [-0.2, 0) is 21.4 Å². The number of ether oxygens (including phenoxy) is 2. The SMILES string of the molecule is CCOC(=O)c1c(NC(C)=O)sc2c1CCC(CCOc1cnc[nH]c1=O)(c1ccccc1)C2=O. The first kappa shape index (κ1) is 24.3. The van der Waals surface area contributed by atoms with E-state index in [1.165, 1.54) is 19.4 Å². The molecule has 0 spiro atoms. The van der Waals surface area contributed by atoms with Crippen molar-refractivity contribution in [3.8, 4) is 5.75 Å². The molecule has 10 heteroatoms. The second kappa shape index (κ2) is 10.2. The molecule has 1 amide bonds. The minimum Gasteiger partial charge on any atom is -0.487 e. The highest BCUT2D eigenvalue weighted by molar-refractivity contribution is 7.19. The van der Waals surface area contributed by atoms with Gasteiger partial charge in [-0.1, -0.05) is 30.3 Å². The summed E-state index contributed by atoms with van der Waals surface area (Å²) in [4.78, 5) is 57.4. The zero-order valence-corrected chi connectivity index (χ0v) is 20.2. The number of hydrogen-bond donors (Lipinski definition) is 2. The molecule has 2 N–H and O–H groups in total. The number of carbonyl (C=O) groups excluding carboxylic acids is 3. The molecule has 2 heterocycles. The van der Waals surface area contributed by atoms with Crippen molar-refractivity contribution >= 4 is 34.0 Å². The number of thiophene rings is 1. The van der Waals surface area contributed by atoms with Crippen LogP contribution in [0.1, 0.15) is 57.8 Å². The summed E-state index contributed by atoms with van der Waals surface area (Å²) in [6.07, 6.45) is 3.79. The Morgan fingerprint density at radius 3 is 2.69 bits per heavy atom. The van der Waals surface area contributed by atoms with Gasteiger partial charge < -0.3 is 19.8 Å². The number of ketones is 1. The van der Waals surface area contributed by atoms with Crippen molar-refractivity contribution in [1.29, 1.82) is 0 Å². The number of fused-ring (bicyclic) bond motifs is 1. The predicted octanol–water partition coefficient (Wildman–Crippen LogP) is 3.50. The molecular formula is C25H25N3O6S. The first-order chi connectivity index (χ1) is 16.9. The Balaban J connectivity index is 1.73. The van der Waals surface area contributed by atoms with Gasteiger partial charge in [0.2, 0.25) is 11.7 Å². The number of Topliss-reactive ketones (excluding diaryl/α,β-unsaturated/α-hetero) is 1. The average molecular weight is 496 g/mol. The summed E-state index contributed by atoms with van der Waals surface area (Å²) in [6.45, 7) is 3.34. The zero-order chi connectivity index (χ0) is 25.0. The number of aromatic nitrogens is 2. The lowest BCUT2D eigenvalue weighted by atomic mass is 9.66. The molecule has 0 fully saturated rings. The number of aromatic amines is 1. The van der Waals surface area contributed by atoms with Crippen LogP contribution in [0.5, 0.6) is 5.75 Å². The van der Waals surface area contributed by atoms with Crippen molar-refractivity contribution in [1.82, 2.24) is 9.97 Å². The molecule has 9 nitrogen and oxygen atoms in total. The van der Waals surface area contributed by atoms with Crippen molar-refractivity contribution in [2.75, 3.05) is 18.5 Å². The van der Waals surface area contributed by atoms with Crippen molar-refractivity contribution in [3.05, 3.63) is 74.8 Å². The van der Waals surface area contributed by atoms with Crippen molar-refractivity contribution in [2.45, 2.75) is 38.5 Å². The van der Waals surface area contributed by atoms with Gasteiger partial charge in [-0.3, -0.25) is 14.4 Å². The molecule has 1 atom stereocenters. The van der Waals surface area contributed by atoms with Crippen LogP contribution >= 0.6 is 11.3 Å². The fourth-order valence-electron chi connectivity index (χ4n) is 4.41. The molecule has 1 aromatic carbocycles. The van der Waals surface area contributed by atoms with Crippen molar-refractivity contribution in [3.63, 3.8) is 0 Å². The molecule has 4 rings (SSSR count). The first-order valence-electron chi connectivity index (χ1n) is 11.2. The Morgan fingerprint density at radius 1 is 1.23 bits per heavy atom. The lowest BCUT2D eigenvalue weighted by Gasteiger charge is -2.36. The number of nitrogens with zero attached hydrogens (tertiary/aromatic N) is 1. The number of hydrogen-bond acceptors (Lipinski definition) is 8. The second-order valence-electron chi connectivity index (χ2n) is 8.14. The largest absolute Gasteiger partial charge is 0.487 e. The number of nitrogens with one attached hydrogen (secondary N) is 2. The summed E-state index contributed by atoms with van der Waals surface area (Å²) in [5.41, 5.74) is 0.344. The molecule has 0 saturated heterocycles. The van der Waals surface area contributed by atoms with Crippen molar-refractivity contribution in [2.24, 2.45) is 0 Å². The van der Waals surface area contributed by atoms with Crippen LogP contribution in [0.25, 0.3) is 0 Å². The molecule has 1 aliphatic carbocycles. The molecular weight excluding hydrogens is 470 g/mol. The molecule has 3 aromatic rings. The molecule has 1 aliphatic rings. The normalized spacial score (nSPS) is 16.9. The van der Waals surface area contributed by atoms with Crippen LogP contribution in [-0.4, -0.2) is 40.8 Å². The van der Waals surface area contributed by atoms with Crippen LogP contribution in [0.15, 0.2) is 47.7 Å². The molecule has 0 saturated carbocycles. The first-order valence-corrected chi connectivity index (χ1v) is 12.0. The molecule has 1 unspecified atom stereocenters. The molecule has 0 aliphatic heterocycles. The Bertz CT molecular complexity index is 1320. The summed E-state index contributed by atoms with van der Waals surface area (Å²) < 4.78 is 10.9. The van der Waals surface area contributed by atoms with E-state index in [9.17, 15) is 19.2 Å². The van der Waals surface area contributed by atoms with Gasteiger partial charge in [-0.15, -0.1) is 11.3 Å². The lowest BCUT2D eigenvalue weighted by Crippen LogP contribution is -2.41. The average Bonchev–Trinajstić information content (AvgIpc) is 3.20. The standard InChI is InChI=1S/C25H25N3O6S/c1-3-33-24(32)19-17-9-10-25(16-7-5-4-6-8-16,11-12-34-18-13-26-14-27-22(18)31)21(30)20(17)35-23(19)28-15(2)29/h4-8,13-14H,3,9-12H2,1-2H3,(H,28,29)(H,26,27,31). The van der Waals surface area contributed by atoms with Crippen molar-refractivity contribution < 1.29 is 23.9 Å². The van der Waals surface area contributed by atoms with Crippen LogP contribution < -0.4 is 15.6 Å². The number of carbonyl (C=O) groups is 3. The monoisotopic (exact) mass is 495 g/mol. The van der Waals surface area contributed by atoms with E-state index < -0.39 is 16.9 Å². The third kappa shape index (κ3) is 4.74. The minimum atomic E-state index is -0.923. The van der Waals surface area contributed by atoms with E-state index in [-0.39, 0.29) is 36.2 Å². The lowest BCUT2D eigenvalue weighted by molar-refractivity contribution is -0.114. The highest BCUT2D eigenvalue weighted by atomic mass is 32.1. The van der Waals surface area contributed by atoms with Gasteiger partial charge in [0.25, 0.3) is 5.56 Å². The highest BCUT2D eigenvalue weighted by Crippen LogP contribution is 2.47. The van der Waals surface area contributed by atoms with E-state index in [1.54, 1.807) is 6.92 Å². The summed E-state index contributed by atoms with van der Waals surface area (Å²) in [5.74, 6) is -0.979. The summed E-state index contributed by atoms with van der Waals surface area (Å²) in [5, 5.41) is 3.00. The third-order valence-corrected chi connectivity index (χ3v) is 7.16. The molecule has 0 radical (unpaired) electrons. The van der Waals surface area contributed by atoms with Gasteiger partial charge in [-0.05, 0) is 37.3 Å². The quantitative estimate of drug-likeness (QED) is 0.458. The minimum absolute atomic E-state index is 0.0772. The van der Waals surface area contributed by atoms with E-state index in [4.69, 9.17) is 9.47 Å². The summed E-state index contributed by atoms with van der Waals surface area (Å²) in [6, 6.07) is 9.41. The number of esters is 1. The number of anilines is 1. The van der Waals surface area contributed by atoms with Gasteiger partial charge in [0.1, 0.15) is 5.00 Å². The number of amides is 1. The summed E-state index contributed by atoms with van der Waals surface area (Å²) >= 11 is 1.09. The van der Waals surface area contributed by atoms with Gasteiger partial charge in [0.05, 0.1) is 41.6 Å². The molecule has 182 valence electrons. The number of benzene rings is 1. The zero-order valence-electron chi connectivity index (χ0n) is 19.4. The van der Waals surface area contributed by atoms with Gasteiger partial charge in [0, 0.05) is 6.92 Å². The van der Waals surface area contributed by atoms with Gasteiger partial charge in [0.15, 0.2) is 5.78 Å². The topological polar surface area (TPSA) is 127 Å². The van der Waals surface area contributed by atoms with E-state index >= 15 is 0 Å². The maximum atomic E-state index is 14.1. The third-order valence-electron chi connectivity index (χ3n) is 6.02. The summed E-state index contributed by atoms with van der Waals surface area (Å²) in [7, 11) is 0. The van der Waals surface area contributed by atoms with Crippen LogP contribution in [0.2, 0.25) is 0 Å². The second-order valence-corrected chi connectivity index (χ2v) is 9.16. The number of H-pyrrole nitrogens is 1. The fourth-order valence-corrected chi connectivity index (χ4v) is 5.73. The smallest absolute Gasteiger partial charge is 0.341 e. The van der Waals surface area contributed by atoms with E-state index in [0.29, 0.717) is 34.7 Å². The van der Waals surface area contributed by atoms with Gasteiger partial charge >= 0.3 is 5.97 Å². The van der Waals surface area contributed by atoms with E-state index in [1.807, 2.05) is 30.3 Å². The maximum Gasteiger partial charge on any atom is 0.341 e. The Hall–Kier alpha value is -3.79. The Labute approximate surface area is 205 Å². The fraction of sp³-hybridized carbons (Fsp3) is 0.320. The highest BCUT2D eigenvalue weighted by Gasteiger charge is 2.46. The molecule has 0 bridgehead atoms. The molecule has 35 heavy (non-hydrogen) atoms. The van der Waals surface area contributed by atoms with Crippen LogP contribution in [0.3, 0.4) is 0 Å². The van der Waals surface area contributed by atoms with E-state index in [2.05, 4.69) is 15.3 Å². The van der Waals surface area contributed by atoms with Crippen LogP contribution in [0, 0.1) is 0 Å². The van der Waals surface area contributed by atoms with Gasteiger partial charge in [-0.2, -0.15) is 0 Å². The van der Waals surface area contributed by atoms with E-state index in [0.717, 1.165) is 16.9 Å². The maximum absolute atomic E-state index is 14.1. The van der Waals surface area contributed by atoms with Crippen LogP contribution in [0.4, 0.5) is 5.00 Å². The Morgan fingerprint density at radius 2 is 2.00 bits per heavy atom. The number of rotatable bonds is 8. The molecule has 2 aromatic heterocycles. The predicted molar refractivity (Wildman–Crippen MR) is 130 cm³/mol. The Kier molecular flexibility index (Phi) is 7.11.